The Labute approximate surface area is 115 Å². The average molecular weight is 260 g/mol. The van der Waals surface area contributed by atoms with E-state index in [9.17, 15) is 4.79 Å². The van der Waals surface area contributed by atoms with Crippen LogP contribution in [0.2, 0.25) is 0 Å². The van der Waals surface area contributed by atoms with Crippen LogP contribution in [0.3, 0.4) is 0 Å². The van der Waals surface area contributed by atoms with Gasteiger partial charge in [-0.05, 0) is 37.7 Å². The Kier molecular flexibility index (Phi) is 4.97. The lowest BCUT2D eigenvalue weighted by atomic mass is 10.0. The molecule has 0 heterocycles. The van der Waals surface area contributed by atoms with Crippen LogP contribution in [-0.4, -0.2) is 29.4 Å². The topological polar surface area (TPSA) is 46.3 Å². The van der Waals surface area contributed by atoms with Crippen molar-refractivity contribution in [2.75, 3.05) is 6.54 Å². The lowest BCUT2D eigenvalue weighted by Crippen LogP contribution is -2.45. The highest BCUT2D eigenvalue weighted by Crippen LogP contribution is 2.27. The van der Waals surface area contributed by atoms with Crippen LogP contribution in [0.1, 0.15) is 38.2 Å². The smallest absolute Gasteiger partial charge is 0.239 e. The van der Waals surface area contributed by atoms with Gasteiger partial charge in [0.05, 0.1) is 6.04 Å². The molecule has 0 aromatic heterocycles. The third-order valence-electron chi connectivity index (χ3n) is 3.64. The third-order valence-corrected chi connectivity index (χ3v) is 3.64. The zero-order valence-corrected chi connectivity index (χ0v) is 11.7. The summed E-state index contributed by atoms with van der Waals surface area (Å²) in [4.78, 5) is 14.3. The van der Waals surface area contributed by atoms with Gasteiger partial charge in [0.2, 0.25) is 5.91 Å². The molecule has 0 unspecified atom stereocenters. The molecule has 1 aromatic rings. The summed E-state index contributed by atoms with van der Waals surface area (Å²) in [5, 5.41) is 0. The van der Waals surface area contributed by atoms with Gasteiger partial charge in [-0.25, -0.2) is 0 Å². The molecule has 0 aliphatic heterocycles. The molecule has 104 valence electrons. The van der Waals surface area contributed by atoms with E-state index in [4.69, 9.17) is 5.73 Å². The Morgan fingerprint density at radius 3 is 2.63 bits per heavy atom. The molecule has 1 amide bonds. The van der Waals surface area contributed by atoms with Crippen LogP contribution in [0.5, 0.6) is 0 Å². The molecule has 2 N–H and O–H groups in total. The number of carbonyl (C=O) groups is 1. The molecule has 0 bridgehead atoms. The number of rotatable bonds is 7. The summed E-state index contributed by atoms with van der Waals surface area (Å²) in [6.45, 7) is 2.96. The van der Waals surface area contributed by atoms with Crippen LogP contribution < -0.4 is 5.73 Å². The van der Waals surface area contributed by atoms with Gasteiger partial charge in [-0.2, -0.15) is 0 Å². The van der Waals surface area contributed by atoms with E-state index in [1.54, 1.807) is 0 Å². The average Bonchev–Trinajstić information content (AvgIpc) is 3.27. The Bertz CT molecular complexity index is 400. The predicted molar refractivity (Wildman–Crippen MR) is 77.8 cm³/mol. The van der Waals surface area contributed by atoms with E-state index in [0.29, 0.717) is 6.04 Å². The van der Waals surface area contributed by atoms with Gasteiger partial charge < -0.3 is 10.6 Å². The lowest BCUT2D eigenvalue weighted by Gasteiger charge is -2.25. The highest BCUT2D eigenvalue weighted by atomic mass is 16.2. The number of hydrogen-bond donors (Lipinski definition) is 1. The summed E-state index contributed by atoms with van der Waals surface area (Å²) in [6.07, 6.45) is 4.91. The molecule has 1 aliphatic rings. The maximum atomic E-state index is 12.3. The van der Waals surface area contributed by atoms with E-state index >= 15 is 0 Å². The molecule has 2 rings (SSSR count). The van der Waals surface area contributed by atoms with E-state index in [1.165, 1.54) is 5.56 Å². The SMILES string of the molecule is CCCN(C(=O)[C@@H](N)CCc1ccccc1)C1CC1. The van der Waals surface area contributed by atoms with Gasteiger partial charge in [0.1, 0.15) is 0 Å². The molecular formula is C16H24N2O. The van der Waals surface area contributed by atoms with E-state index in [-0.39, 0.29) is 11.9 Å². The van der Waals surface area contributed by atoms with Crippen molar-refractivity contribution in [2.24, 2.45) is 5.73 Å². The fourth-order valence-corrected chi connectivity index (χ4v) is 2.40. The molecule has 1 fully saturated rings. The number of carbonyl (C=O) groups excluding carboxylic acids is 1. The molecule has 1 aromatic carbocycles. The summed E-state index contributed by atoms with van der Waals surface area (Å²) in [6, 6.07) is 10.3. The summed E-state index contributed by atoms with van der Waals surface area (Å²) in [7, 11) is 0. The lowest BCUT2D eigenvalue weighted by molar-refractivity contribution is -0.133. The van der Waals surface area contributed by atoms with Crippen LogP contribution in [-0.2, 0) is 11.2 Å². The molecular weight excluding hydrogens is 236 g/mol. The minimum absolute atomic E-state index is 0.139. The van der Waals surface area contributed by atoms with Crippen molar-refractivity contribution >= 4 is 5.91 Å². The van der Waals surface area contributed by atoms with Crippen molar-refractivity contribution in [1.82, 2.24) is 4.90 Å². The Balaban J connectivity index is 1.84. The minimum Gasteiger partial charge on any atom is -0.338 e. The number of amides is 1. The van der Waals surface area contributed by atoms with Crippen LogP contribution in [0.25, 0.3) is 0 Å². The van der Waals surface area contributed by atoms with Crippen molar-refractivity contribution < 1.29 is 4.79 Å². The Hall–Kier alpha value is -1.35. The van der Waals surface area contributed by atoms with Crippen molar-refractivity contribution in [3.05, 3.63) is 35.9 Å². The van der Waals surface area contributed by atoms with Crippen molar-refractivity contribution in [3.8, 4) is 0 Å². The first-order valence-corrected chi connectivity index (χ1v) is 7.32. The molecule has 0 spiro atoms. The van der Waals surface area contributed by atoms with Crippen LogP contribution in [0.4, 0.5) is 0 Å². The fourth-order valence-electron chi connectivity index (χ4n) is 2.40. The number of aryl methyl sites for hydroxylation is 1. The number of hydrogen-bond acceptors (Lipinski definition) is 2. The number of nitrogens with two attached hydrogens (primary N) is 1. The molecule has 1 aliphatic carbocycles. The molecule has 3 heteroatoms. The Morgan fingerprint density at radius 1 is 1.37 bits per heavy atom. The quantitative estimate of drug-likeness (QED) is 0.818. The number of nitrogens with zero attached hydrogens (tertiary/aromatic N) is 1. The van der Waals surface area contributed by atoms with Gasteiger partial charge in [0.25, 0.3) is 0 Å². The largest absolute Gasteiger partial charge is 0.338 e. The zero-order valence-electron chi connectivity index (χ0n) is 11.7. The normalized spacial score (nSPS) is 16.1. The molecule has 0 saturated heterocycles. The van der Waals surface area contributed by atoms with E-state index < -0.39 is 0 Å². The van der Waals surface area contributed by atoms with Crippen molar-refractivity contribution in [3.63, 3.8) is 0 Å². The maximum Gasteiger partial charge on any atom is 0.239 e. The summed E-state index contributed by atoms with van der Waals surface area (Å²) in [5.74, 6) is 0.139. The zero-order chi connectivity index (χ0) is 13.7. The van der Waals surface area contributed by atoms with Gasteiger partial charge in [-0.1, -0.05) is 37.3 Å². The van der Waals surface area contributed by atoms with Gasteiger partial charge in [-0.3, -0.25) is 4.79 Å². The summed E-state index contributed by atoms with van der Waals surface area (Å²) >= 11 is 0. The maximum absolute atomic E-state index is 12.3. The Morgan fingerprint density at radius 2 is 2.05 bits per heavy atom. The molecule has 1 saturated carbocycles. The molecule has 1 atom stereocenters. The molecule has 0 radical (unpaired) electrons. The van der Waals surface area contributed by atoms with E-state index in [0.717, 1.165) is 38.6 Å². The summed E-state index contributed by atoms with van der Waals surface area (Å²) < 4.78 is 0. The first-order valence-electron chi connectivity index (χ1n) is 7.32. The van der Waals surface area contributed by atoms with E-state index in [2.05, 4.69) is 19.1 Å². The number of benzene rings is 1. The third kappa shape index (κ3) is 4.06. The first kappa shape index (κ1) is 14.1. The highest BCUT2D eigenvalue weighted by molar-refractivity contribution is 5.82. The second-order valence-corrected chi connectivity index (χ2v) is 5.39. The predicted octanol–water partition coefficient (Wildman–Crippen LogP) is 2.35. The first-order chi connectivity index (χ1) is 9.22. The van der Waals surface area contributed by atoms with Gasteiger partial charge in [-0.15, -0.1) is 0 Å². The monoisotopic (exact) mass is 260 g/mol. The summed E-state index contributed by atoms with van der Waals surface area (Å²) in [5.41, 5.74) is 7.32. The fraction of sp³-hybridized carbons (Fsp3) is 0.562. The van der Waals surface area contributed by atoms with Gasteiger partial charge >= 0.3 is 0 Å². The minimum atomic E-state index is -0.354. The van der Waals surface area contributed by atoms with Gasteiger partial charge in [0, 0.05) is 12.6 Å². The van der Waals surface area contributed by atoms with Gasteiger partial charge in [0.15, 0.2) is 0 Å². The van der Waals surface area contributed by atoms with Crippen LogP contribution in [0.15, 0.2) is 30.3 Å². The molecule has 3 nitrogen and oxygen atoms in total. The highest BCUT2D eigenvalue weighted by Gasteiger charge is 2.33. The van der Waals surface area contributed by atoms with Crippen LogP contribution in [0, 0.1) is 0 Å². The second-order valence-electron chi connectivity index (χ2n) is 5.39. The standard InChI is InChI=1S/C16H24N2O/c1-2-12-18(14-9-10-14)16(19)15(17)11-8-13-6-4-3-5-7-13/h3-7,14-15H,2,8-12,17H2,1H3/t15-/m0/s1. The van der Waals surface area contributed by atoms with Crippen molar-refractivity contribution in [1.29, 1.82) is 0 Å². The van der Waals surface area contributed by atoms with E-state index in [1.807, 2.05) is 23.1 Å². The van der Waals surface area contributed by atoms with Crippen molar-refractivity contribution in [2.45, 2.75) is 51.1 Å². The second kappa shape index (κ2) is 6.71. The molecule has 19 heavy (non-hydrogen) atoms. The van der Waals surface area contributed by atoms with Crippen LogP contribution >= 0.6 is 0 Å².